The summed E-state index contributed by atoms with van der Waals surface area (Å²) in [6.45, 7) is 1.83. The number of ether oxygens (including phenoxy) is 1. The SMILES string of the molecule is COc1ccc(Cl)cc1NC(=O)CNc1cc(F)ccc1C. The Morgan fingerprint density at radius 3 is 2.73 bits per heavy atom. The van der Waals surface area contributed by atoms with Crippen molar-refractivity contribution in [1.29, 1.82) is 0 Å². The number of rotatable bonds is 5. The van der Waals surface area contributed by atoms with E-state index in [4.69, 9.17) is 16.3 Å². The highest BCUT2D eigenvalue weighted by Crippen LogP contribution is 2.27. The molecule has 2 aromatic carbocycles. The summed E-state index contributed by atoms with van der Waals surface area (Å²) in [6.07, 6.45) is 0. The van der Waals surface area contributed by atoms with E-state index in [-0.39, 0.29) is 18.3 Å². The zero-order chi connectivity index (χ0) is 16.1. The highest BCUT2D eigenvalue weighted by Gasteiger charge is 2.09. The molecule has 2 N–H and O–H groups in total. The zero-order valence-electron chi connectivity index (χ0n) is 12.2. The first-order valence-electron chi connectivity index (χ1n) is 6.63. The van der Waals surface area contributed by atoms with Crippen molar-refractivity contribution >= 4 is 28.9 Å². The molecule has 0 spiro atoms. The van der Waals surface area contributed by atoms with E-state index in [0.717, 1.165) is 5.56 Å². The minimum atomic E-state index is -0.356. The lowest BCUT2D eigenvalue weighted by Crippen LogP contribution is -2.22. The van der Waals surface area contributed by atoms with E-state index >= 15 is 0 Å². The van der Waals surface area contributed by atoms with Crippen molar-refractivity contribution < 1.29 is 13.9 Å². The molecule has 0 heterocycles. The van der Waals surface area contributed by atoms with Crippen LogP contribution >= 0.6 is 11.6 Å². The molecule has 1 amide bonds. The molecule has 116 valence electrons. The average Bonchev–Trinajstić information content (AvgIpc) is 2.48. The summed E-state index contributed by atoms with van der Waals surface area (Å²) in [5, 5.41) is 6.09. The van der Waals surface area contributed by atoms with Crippen molar-refractivity contribution in [3.8, 4) is 5.75 Å². The summed E-state index contributed by atoms with van der Waals surface area (Å²) in [7, 11) is 1.51. The molecule has 0 aliphatic carbocycles. The van der Waals surface area contributed by atoms with Gasteiger partial charge in [0.05, 0.1) is 19.3 Å². The maximum atomic E-state index is 13.2. The van der Waals surface area contributed by atoms with E-state index in [2.05, 4.69) is 10.6 Å². The van der Waals surface area contributed by atoms with Gasteiger partial charge in [0.2, 0.25) is 5.91 Å². The monoisotopic (exact) mass is 322 g/mol. The topological polar surface area (TPSA) is 50.4 Å². The lowest BCUT2D eigenvalue weighted by atomic mass is 10.2. The predicted molar refractivity (Wildman–Crippen MR) is 86.3 cm³/mol. The van der Waals surface area contributed by atoms with Gasteiger partial charge in [-0.2, -0.15) is 0 Å². The number of benzene rings is 2. The van der Waals surface area contributed by atoms with Crippen LogP contribution in [0.1, 0.15) is 5.56 Å². The van der Waals surface area contributed by atoms with Gasteiger partial charge in [0.1, 0.15) is 11.6 Å². The van der Waals surface area contributed by atoms with Gasteiger partial charge in [-0.3, -0.25) is 4.79 Å². The lowest BCUT2D eigenvalue weighted by Gasteiger charge is -2.12. The van der Waals surface area contributed by atoms with Crippen LogP contribution < -0.4 is 15.4 Å². The van der Waals surface area contributed by atoms with Crippen molar-refractivity contribution in [3.05, 3.63) is 52.8 Å². The maximum absolute atomic E-state index is 13.2. The van der Waals surface area contributed by atoms with Crippen LogP contribution in [0.3, 0.4) is 0 Å². The van der Waals surface area contributed by atoms with Gasteiger partial charge in [-0.05, 0) is 42.8 Å². The molecule has 0 bridgehead atoms. The summed E-state index contributed by atoms with van der Waals surface area (Å²) in [6, 6.07) is 9.31. The largest absolute Gasteiger partial charge is 0.495 e. The van der Waals surface area contributed by atoms with E-state index in [1.807, 2.05) is 6.92 Å². The second-order valence-corrected chi connectivity index (χ2v) is 5.14. The van der Waals surface area contributed by atoms with Crippen molar-refractivity contribution in [1.82, 2.24) is 0 Å². The Kier molecular flexibility index (Phi) is 5.22. The van der Waals surface area contributed by atoms with Crippen LogP contribution in [0.4, 0.5) is 15.8 Å². The number of carbonyl (C=O) groups excluding carboxylic acids is 1. The number of methoxy groups -OCH3 is 1. The number of hydrogen-bond acceptors (Lipinski definition) is 3. The highest BCUT2D eigenvalue weighted by molar-refractivity contribution is 6.31. The van der Waals surface area contributed by atoms with E-state index < -0.39 is 0 Å². The first-order valence-corrected chi connectivity index (χ1v) is 7.01. The smallest absolute Gasteiger partial charge is 0.243 e. The number of halogens is 2. The van der Waals surface area contributed by atoms with Crippen LogP contribution in [0, 0.1) is 12.7 Å². The van der Waals surface area contributed by atoms with Crippen molar-refractivity contribution in [3.63, 3.8) is 0 Å². The third-order valence-corrected chi connectivity index (χ3v) is 3.31. The molecule has 0 radical (unpaired) electrons. The van der Waals surface area contributed by atoms with Gasteiger partial charge in [-0.1, -0.05) is 17.7 Å². The molecule has 2 aromatic rings. The van der Waals surface area contributed by atoms with Crippen molar-refractivity contribution in [2.45, 2.75) is 6.92 Å². The normalized spacial score (nSPS) is 10.2. The van der Waals surface area contributed by atoms with Gasteiger partial charge >= 0.3 is 0 Å². The van der Waals surface area contributed by atoms with Gasteiger partial charge in [0.25, 0.3) is 0 Å². The molecule has 0 aliphatic heterocycles. The molecule has 0 saturated heterocycles. The zero-order valence-corrected chi connectivity index (χ0v) is 13.0. The molecule has 6 heteroatoms. The molecule has 0 unspecified atom stereocenters. The summed E-state index contributed by atoms with van der Waals surface area (Å²) in [5.74, 6) is -0.131. The number of hydrogen-bond donors (Lipinski definition) is 2. The number of carbonyl (C=O) groups is 1. The van der Waals surface area contributed by atoms with Crippen LogP contribution in [-0.2, 0) is 4.79 Å². The third kappa shape index (κ3) is 4.11. The third-order valence-electron chi connectivity index (χ3n) is 3.07. The quantitative estimate of drug-likeness (QED) is 0.879. The molecule has 4 nitrogen and oxygen atoms in total. The highest BCUT2D eigenvalue weighted by atomic mass is 35.5. The molecular weight excluding hydrogens is 307 g/mol. The van der Waals surface area contributed by atoms with Crippen LogP contribution in [0.15, 0.2) is 36.4 Å². The van der Waals surface area contributed by atoms with E-state index in [1.165, 1.54) is 19.2 Å². The van der Waals surface area contributed by atoms with Crippen LogP contribution in [0.25, 0.3) is 0 Å². The Labute approximate surface area is 133 Å². The van der Waals surface area contributed by atoms with Crippen LogP contribution in [0.2, 0.25) is 5.02 Å². The van der Waals surface area contributed by atoms with Gasteiger partial charge in [-0.25, -0.2) is 4.39 Å². The number of nitrogens with one attached hydrogen (secondary N) is 2. The summed E-state index contributed by atoms with van der Waals surface area (Å²) < 4.78 is 18.3. The molecule has 22 heavy (non-hydrogen) atoms. The Morgan fingerprint density at radius 2 is 2.00 bits per heavy atom. The second kappa shape index (κ2) is 7.13. The fourth-order valence-electron chi connectivity index (χ4n) is 1.93. The minimum absolute atomic E-state index is 0.0000387. The summed E-state index contributed by atoms with van der Waals surface area (Å²) in [4.78, 5) is 12.0. The molecule has 0 fully saturated rings. The number of anilines is 2. The summed E-state index contributed by atoms with van der Waals surface area (Å²) >= 11 is 5.90. The van der Waals surface area contributed by atoms with E-state index in [1.54, 1.807) is 24.3 Å². The first-order chi connectivity index (χ1) is 10.5. The van der Waals surface area contributed by atoms with Gasteiger partial charge in [0, 0.05) is 10.7 Å². The van der Waals surface area contributed by atoms with Crippen molar-refractivity contribution in [2.75, 3.05) is 24.3 Å². The predicted octanol–water partition coefficient (Wildman–Crippen LogP) is 3.85. The fraction of sp³-hybridized carbons (Fsp3) is 0.188. The molecule has 2 rings (SSSR count). The van der Waals surface area contributed by atoms with Gasteiger partial charge < -0.3 is 15.4 Å². The fourth-order valence-corrected chi connectivity index (χ4v) is 2.10. The lowest BCUT2D eigenvalue weighted by molar-refractivity contribution is -0.114. The Bertz CT molecular complexity index is 692. The number of amides is 1. The molecule has 0 aromatic heterocycles. The summed E-state index contributed by atoms with van der Waals surface area (Å²) in [5.41, 5.74) is 1.92. The molecular formula is C16H16ClFN2O2. The van der Waals surface area contributed by atoms with E-state index in [9.17, 15) is 9.18 Å². The maximum Gasteiger partial charge on any atom is 0.243 e. The van der Waals surface area contributed by atoms with Gasteiger partial charge in [0.15, 0.2) is 0 Å². The Balaban J connectivity index is 2.01. The Morgan fingerprint density at radius 1 is 1.23 bits per heavy atom. The van der Waals surface area contributed by atoms with Crippen LogP contribution in [0.5, 0.6) is 5.75 Å². The standard InChI is InChI=1S/C16H16ClFN2O2/c1-10-3-5-12(18)8-13(10)19-9-16(21)20-14-7-11(17)4-6-15(14)22-2/h3-8,19H,9H2,1-2H3,(H,20,21). The van der Waals surface area contributed by atoms with Crippen LogP contribution in [-0.4, -0.2) is 19.6 Å². The van der Waals surface area contributed by atoms with Crippen molar-refractivity contribution in [2.24, 2.45) is 0 Å². The second-order valence-electron chi connectivity index (χ2n) is 4.71. The molecule has 0 saturated carbocycles. The van der Waals surface area contributed by atoms with Gasteiger partial charge in [-0.15, -0.1) is 0 Å². The number of aryl methyl sites for hydroxylation is 1. The first kappa shape index (κ1) is 16.1. The Hall–Kier alpha value is -2.27. The molecule has 0 atom stereocenters. The minimum Gasteiger partial charge on any atom is -0.495 e. The molecule has 0 aliphatic rings. The average molecular weight is 323 g/mol. The van der Waals surface area contributed by atoms with E-state index in [0.29, 0.717) is 22.1 Å².